The fourth-order valence-electron chi connectivity index (χ4n) is 3.79. The first kappa shape index (κ1) is 16.0. The van der Waals surface area contributed by atoms with Gasteiger partial charge < -0.3 is 9.80 Å². The highest BCUT2D eigenvalue weighted by molar-refractivity contribution is 5.96. The normalized spacial score (nSPS) is 24.3. The van der Waals surface area contributed by atoms with Crippen molar-refractivity contribution in [3.8, 4) is 0 Å². The minimum atomic E-state index is -0.328. The minimum absolute atomic E-state index is 0.00308. The van der Waals surface area contributed by atoms with Crippen molar-refractivity contribution in [3.05, 3.63) is 48.7 Å². The lowest BCUT2D eigenvalue weighted by molar-refractivity contribution is -0.123. The van der Waals surface area contributed by atoms with Gasteiger partial charge in [0.25, 0.3) is 0 Å². The molecule has 25 heavy (non-hydrogen) atoms. The molecule has 0 saturated carbocycles. The van der Waals surface area contributed by atoms with Crippen LogP contribution >= 0.6 is 0 Å². The van der Waals surface area contributed by atoms with E-state index in [1.165, 1.54) is 12.1 Å². The lowest BCUT2D eigenvalue weighted by Crippen LogP contribution is -2.64. The van der Waals surface area contributed by atoms with Crippen molar-refractivity contribution < 1.29 is 9.18 Å². The number of piperazine rings is 1. The summed E-state index contributed by atoms with van der Waals surface area (Å²) < 4.78 is 13.6. The third kappa shape index (κ3) is 2.84. The van der Waals surface area contributed by atoms with Crippen molar-refractivity contribution in [3.63, 3.8) is 0 Å². The van der Waals surface area contributed by atoms with Crippen molar-refractivity contribution in [2.75, 3.05) is 43.0 Å². The van der Waals surface area contributed by atoms with Gasteiger partial charge >= 0.3 is 0 Å². The average Bonchev–Trinajstić information content (AvgIpc) is 3.05. The highest BCUT2D eigenvalue weighted by Crippen LogP contribution is 2.34. The van der Waals surface area contributed by atoms with Gasteiger partial charge in [-0.25, -0.2) is 9.37 Å². The number of nitrogens with zero attached hydrogens (tertiary/aromatic N) is 5. The molecule has 4 rings (SSSR count). The molecule has 0 bridgehead atoms. The third-order valence-corrected chi connectivity index (χ3v) is 5.26. The van der Waals surface area contributed by atoms with Gasteiger partial charge in [0.2, 0.25) is 5.91 Å². The van der Waals surface area contributed by atoms with E-state index in [1.54, 1.807) is 35.6 Å². The summed E-state index contributed by atoms with van der Waals surface area (Å²) in [4.78, 5) is 27.1. The zero-order chi connectivity index (χ0) is 17.4. The van der Waals surface area contributed by atoms with Gasteiger partial charge in [0.1, 0.15) is 11.6 Å². The first-order chi connectivity index (χ1) is 12.1. The number of hydrogen-bond donors (Lipinski definition) is 0. The molecule has 2 saturated heterocycles. The van der Waals surface area contributed by atoms with Gasteiger partial charge in [0.05, 0.1) is 18.3 Å². The standard InChI is InChI=1S/C18H20FN5O/c1-22-11-17(25)24(15-4-2-3-14(19)9-15)13-18(22)5-8-23(12-18)16-10-20-6-7-21-16/h2-4,6-7,9-10H,5,8,11-13H2,1H3. The summed E-state index contributed by atoms with van der Waals surface area (Å²) in [6, 6.07) is 6.25. The van der Waals surface area contributed by atoms with E-state index >= 15 is 0 Å². The zero-order valence-electron chi connectivity index (χ0n) is 14.1. The fourth-order valence-corrected chi connectivity index (χ4v) is 3.79. The van der Waals surface area contributed by atoms with E-state index in [1.807, 2.05) is 7.05 Å². The van der Waals surface area contributed by atoms with Crippen LogP contribution in [0.25, 0.3) is 0 Å². The van der Waals surface area contributed by atoms with Crippen LogP contribution in [0.5, 0.6) is 0 Å². The van der Waals surface area contributed by atoms with E-state index < -0.39 is 0 Å². The first-order valence-electron chi connectivity index (χ1n) is 8.36. The third-order valence-electron chi connectivity index (χ3n) is 5.26. The first-order valence-corrected chi connectivity index (χ1v) is 8.36. The van der Waals surface area contributed by atoms with Crippen LogP contribution in [0.1, 0.15) is 6.42 Å². The molecule has 1 unspecified atom stereocenters. The van der Waals surface area contributed by atoms with Crippen LogP contribution in [0.2, 0.25) is 0 Å². The monoisotopic (exact) mass is 341 g/mol. The SMILES string of the molecule is CN1CC(=O)N(c2cccc(F)c2)CC12CCN(c1cnccn1)C2. The van der Waals surface area contributed by atoms with Crippen LogP contribution in [0.3, 0.4) is 0 Å². The maximum Gasteiger partial charge on any atom is 0.241 e. The van der Waals surface area contributed by atoms with E-state index in [-0.39, 0.29) is 17.3 Å². The second-order valence-electron chi connectivity index (χ2n) is 6.78. The molecular weight excluding hydrogens is 321 g/mol. The number of benzene rings is 1. The van der Waals surface area contributed by atoms with Crippen molar-refractivity contribution in [1.29, 1.82) is 0 Å². The van der Waals surface area contributed by atoms with Crippen LogP contribution in [0.15, 0.2) is 42.9 Å². The fraction of sp³-hybridized carbons (Fsp3) is 0.389. The van der Waals surface area contributed by atoms with E-state index in [2.05, 4.69) is 19.8 Å². The van der Waals surface area contributed by atoms with Crippen molar-refractivity contribution in [2.24, 2.45) is 0 Å². The van der Waals surface area contributed by atoms with E-state index in [4.69, 9.17) is 0 Å². The molecule has 7 heteroatoms. The molecule has 1 aromatic carbocycles. The van der Waals surface area contributed by atoms with Gasteiger partial charge in [-0.05, 0) is 31.7 Å². The Balaban J connectivity index is 1.60. The summed E-state index contributed by atoms with van der Waals surface area (Å²) in [5, 5.41) is 0. The molecular formula is C18H20FN5O. The van der Waals surface area contributed by atoms with E-state index in [0.29, 0.717) is 18.8 Å². The maximum atomic E-state index is 13.6. The Kier molecular flexibility index (Phi) is 3.88. The minimum Gasteiger partial charge on any atom is -0.353 e. The predicted octanol–water partition coefficient (Wildman–Crippen LogP) is 1.54. The highest BCUT2D eigenvalue weighted by Gasteiger charge is 2.48. The Morgan fingerprint density at radius 1 is 1.24 bits per heavy atom. The molecule has 1 spiro atoms. The van der Waals surface area contributed by atoms with Gasteiger partial charge in [-0.3, -0.25) is 14.7 Å². The smallest absolute Gasteiger partial charge is 0.241 e. The quantitative estimate of drug-likeness (QED) is 0.829. The number of hydrogen-bond acceptors (Lipinski definition) is 5. The van der Waals surface area contributed by atoms with Crippen molar-refractivity contribution >= 4 is 17.4 Å². The van der Waals surface area contributed by atoms with E-state index in [9.17, 15) is 9.18 Å². The van der Waals surface area contributed by atoms with Gasteiger partial charge in [-0.15, -0.1) is 0 Å². The number of carbonyl (C=O) groups is 1. The Morgan fingerprint density at radius 2 is 2.12 bits per heavy atom. The summed E-state index contributed by atoms with van der Waals surface area (Å²) in [5.74, 6) is 0.518. The van der Waals surface area contributed by atoms with Crippen molar-refractivity contribution in [2.45, 2.75) is 12.0 Å². The molecule has 2 aliphatic heterocycles. The van der Waals surface area contributed by atoms with Crippen LogP contribution in [-0.2, 0) is 4.79 Å². The van der Waals surface area contributed by atoms with Crippen LogP contribution < -0.4 is 9.80 Å². The Bertz CT molecular complexity index is 786. The number of carbonyl (C=O) groups excluding carboxylic acids is 1. The largest absolute Gasteiger partial charge is 0.353 e. The molecule has 2 aliphatic rings. The molecule has 130 valence electrons. The number of likely N-dealkylation sites (N-methyl/N-ethyl adjacent to an activating group) is 1. The Labute approximate surface area is 145 Å². The molecule has 2 aromatic rings. The second kappa shape index (κ2) is 6.07. The summed E-state index contributed by atoms with van der Waals surface area (Å²) in [7, 11) is 1.99. The molecule has 1 atom stereocenters. The summed E-state index contributed by atoms with van der Waals surface area (Å²) in [6.45, 7) is 2.49. The van der Waals surface area contributed by atoms with Crippen LogP contribution in [0, 0.1) is 5.82 Å². The van der Waals surface area contributed by atoms with Crippen molar-refractivity contribution in [1.82, 2.24) is 14.9 Å². The number of rotatable bonds is 2. The Morgan fingerprint density at radius 3 is 2.88 bits per heavy atom. The van der Waals surface area contributed by atoms with Crippen LogP contribution in [-0.4, -0.2) is 59.5 Å². The molecule has 0 N–H and O–H groups in total. The lowest BCUT2D eigenvalue weighted by Gasteiger charge is -2.46. The van der Waals surface area contributed by atoms with Gasteiger partial charge in [0.15, 0.2) is 0 Å². The summed E-state index contributed by atoms with van der Waals surface area (Å²) >= 11 is 0. The molecule has 6 nitrogen and oxygen atoms in total. The lowest BCUT2D eigenvalue weighted by atomic mass is 9.92. The summed E-state index contributed by atoms with van der Waals surface area (Å²) in [6.07, 6.45) is 6.02. The predicted molar refractivity (Wildman–Crippen MR) is 93.0 cm³/mol. The maximum absolute atomic E-state index is 13.6. The number of anilines is 2. The summed E-state index contributed by atoms with van der Waals surface area (Å²) in [5.41, 5.74) is 0.452. The van der Waals surface area contributed by atoms with Gasteiger partial charge in [-0.1, -0.05) is 6.07 Å². The number of halogens is 1. The zero-order valence-corrected chi connectivity index (χ0v) is 14.1. The molecule has 3 heterocycles. The number of amides is 1. The molecule has 0 radical (unpaired) electrons. The van der Waals surface area contributed by atoms with Crippen LogP contribution in [0.4, 0.5) is 15.9 Å². The average molecular weight is 341 g/mol. The van der Waals surface area contributed by atoms with E-state index in [0.717, 1.165) is 25.3 Å². The van der Waals surface area contributed by atoms with Gasteiger partial charge in [-0.2, -0.15) is 0 Å². The molecule has 2 fully saturated rings. The Hall–Kier alpha value is -2.54. The number of aromatic nitrogens is 2. The molecule has 1 aromatic heterocycles. The topological polar surface area (TPSA) is 52.6 Å². The second-order valence-corrected chi connectivity index (χ2v) is 6.78. The molecule has 1 amide bonds. The molecule has 0 aliphatic carbocycles. The highest BCUT2D eigenvalue weighted by atomic mass is 19.1. The van der Waals surface area contributed by atoms with Gasteiger partial charge in [0, 0.05) is 37.7 Å².